The van der Waals surface area contributed by atoms with E-state index < -0.39 is 17.8 Å². The number of fused-ring (bicyclic) bond motifs is 1. The van der Waals surface area contributed by atoms with Gasteiger partial charge < -0.3 is 20.5 Å². The van der Waals surface area contributed by atoms with E-state index in [1.165, 1.54) is 6.92 Å². The average Bonchev–Trinajstić information content (AvgIpc) is 2.62. The SMILES string of the molecule is C=CC[C@H](NC(C)=O)[C@H](O)CNC1CC2(CCC2)Oc2ncc(CC(C)(C)F)cc21. The van der Waals surface area contributed by atoms with Crippen molar-refractivity contribution in [3.8, 4) is 5.88 Å². The summed E-state index contributed by atoms with van der Waals surface area (Å²) in [4.78, 5) is 16.0. The number of aromatic nitrogens is 1. The summed E-state index contributed by atoms with van der Waals surface area (Å²) in [5.41, 5.74) is 0.198. The van der Waals surface area contributed by atoms with Gasteiger partial charge in [0, 0.05) is 44.1 Å². The Labute approximate surface area is 178 Å². The summed E-state index contributed by atoms with van der Waals surface area (Å²) in [5.74, 6) is 0.409. The first-order valence-corrected chi connectivity index (χ1v) is 10.8. The fourth-order valence-corrected chi connectivity index (χ4v) is 4.38. The van der Waals surface area contributed by atoms with Crippen molar-refractivity contribution >= 4 is 5.91 Å². The Kier molecular flexibility index (Phi) is 6.82. The molecule has 2 aliphatic rings. The molecule has 166 valence electrons. The molecule has 1 unspecified atom stereocenters. The van der Waals surface area contributed by atoms with Gasteiger partial charge in [-0.05, 0) is 51.2 Å². The van der Waals surface area contributed by atoms with Crippen LogP contribution in [0.2, 0.25) is 0 Å². The number of aliphatic hydroxyl groups is 1. The smallest absolute Gasteiger partial charge is 0.218 e. The number of nitrogens with zero attached hydrogens (tertiary/aromatic N) is 1. The summed E-state index contributed by atoms with van der Waals surface area (Å²) < 4.78 is 20.4. The van der Waals surface area contributed by atoms with Gasteiger partial charge in [0.25, 0.3) is 0 Å². The lowest BCUT2D eigenvalue weighted by Crippen LogP contribution is -2.51. The molecule has 1 saturated carbocycles. The molecule has 1 aromatic heterocycles. The summed E-state index contributed by atoms with van der Waals surface area (Å²) in [6, 6.07) is 1.51. The fraction of sp³-hybridized carbons (Fsp3) is 0.652. The summed E-state index contributed by atoms with van der Waals surface area (Å²) >= 11 is 0. The van der Waals surface area contributed by atoms with Crippen LogP contribution >= 0.6 is 0 Å². The van der Waals surface area contributed by atoms with Crippen LogP contribution in [0.4, 0.5) is 4.39 Å². The van der Waals surface area contributed by atoms with Crippen LogP contribution in [-0.4, -0.2) is 46.0 Å². The van der Waals surface area contributed by atoms with E-state index in [4.69, 9.17) is 4.74 Å². The van der Waals surface area contributed by atoms with Gasteiger partial charge in [-0.3, -0.25) is 4.79 Å². The predicted octanol–water partition coefficient (Wildman–Crippen LogP) is 3.15. The number of rotatable bonds is 9. The number of hydrogen-bond acceptors (Lipinski definition) is 5. The second-order valence-electron chi connectivity index (χ2n) is 9.34. The number of aliphatic hydroxyl groups excluding tert-OH is 1. The van der Waals surface area contributed by atoms with Gasteiger partial charge in [0.15, 0.2) is 0 Å². The minimum absolute atomic E-state index is 0.0550. The van der Waals surface area contributed by atoms with E-state index in [1.807, 2.05) is 6.07 Å². The lowest BCUT2D eigenvalue weighted by molar-refractivity contribution is -0.120. The second-order valence-corrected chi connectivity index (χ2v) is 9.34. The molecule has 1 spiro atoms. The van der Waals surface area contributed by atoms with E-state index >= 15 is 0 Å². The number of carbonyl (C=O) groups excluding carboxylic acids is 1. The Morgan fingerprint density at radius 2 is 2.27 bits per heavy atom. The van der Waals surface area contributed by atoms with Crippen LogP contribution in [0.5, 0.6) is 5.88 Å². The maximum Gasteiger partial charge on any atom is 0.218 e. The first-order valence-electron chi connectivity index (χ1n) is 10.8. The molecule has 1 amide bonds. The number of ether oxygens (including phenoxy) is 1. The molecule has 1 aromatic rings. The third kappa shape index (κ3) is 5.58. The highest BCUT2D eigenvalue weighted by molar-refractivity contribution is 5.73. The Hall–Kier alpha value is -1.99. The Balaban J connectivity index is 1.76. The van der Waals surface area contributed by atoms with Crippen LogP contribution in [-0.2, 0) is 11.2 Å². The van der Waals surface area contributed by atoms with Gasteiger partial charge in [-0.15, -0.1) is 6.58 Å². The number of amides is 1. The second kappa shape index (κ2) is 9.02. The van der Waals surface area contributed by atoms with Crippen molar-refractivity contribution in [1.82, 2.24) is 15.6 Å². The number of alkyl halides is 1. The van der Waals surface area contributed by atoms with E-state index in [9.17, 15) is 14.3 Å². The van der Waals surface area contributed by atoms with Gasteiger partial charge in [-0.1, -0.05) is 6.08 Å². The quantitative estimate of drug-likeness (QED) is 0.536. The highest BCUT2D eigenvalue weighted by Gasteiger charge is 2.46. The molecule has 0 radical (unpaired) electrons. The van der Waals surface area contributed by atoms with Crippen molar-refractivity contribution < 1.29 is 19.0 Å². The fourth-order valence-electron chi connectivity index (χ4n) is 4.38. The van der Waals surface area contributed by atoms with Gasteiger partial charge in [-0.2, -0.15) is 0 Å². The lowest BCUT2D eigenvalue weighted by Gasteiger charge is -2.47. The molecular formula is C23H34FN3O3. The van der Waals surface area contributed by atoms with Gasteiger partial charge >= 0.3 is 0 Å². The van der Waals surface area contributed by atoms with Crippen molar-refractivity contribution in [3.05, 3.63) is 36.0 Å². The van der Waals surface area contributed by atoms with Crippen LogP contribution in [0.15, 0.2) is 24.9 Å². The molecule has 3 atom stereocenters. The van der Waals surface area contributed by atoms with Gasteiger partial charge in [0.2, 0.25) is 11.8 Å². The van der Waals surface area contributed by atoms with Crippen molar-refractivity contribution in [2.45, 2.75) is 88.8 Å². The molecule has 1 aliphatic carbocycles. The molecule has 7 heteroatoms. The zero-order valence-corrected chi connectivity index (χ0v) is 18.2. The highest BCUT2D eigenvalue weighted by Crippen LogP contribution is 2.48. The van der Waals surface area contributed by atoms with Crippen LogP contribution in [0, 0.1) is 0 Å². The molecule has 0 aromatic carbocycles. The number of hydrogen-bond donors (Lipinski definition) is 3. The first kappa shape index (κ1) is 22.7. The molecule has 0 saturated heterocycles. The minimum Gasteiger partial charge on any atom is -0.471 e. The number of pyridine rings is 1. The standard InChI is InChI=1S/C23H34FN3O3/c1-5-7-18(27-15(2)28)20(29)14-25-19-12-23(8-6-9-23)30-21-17(19)10-16(13-26-21)11-22(3,4)24/h5,10,13,18-20,25,29H,1,6-9,11-12,14H2,2-4H3,(H,27,28)/t18-,19?,20+/m0/s1. The molecule has 2 heterocycles. The van der Waals surface area contributed by atoms with Crippen LogP contribution in [0.25, 0.3) is 0 Å². The molecule has 6 nitrogen and oxygen atoms in total. The topological polar surface area (TPSA) is 83.5 Å². The average molecular weight is 420 g/mol. The van der Waals surface area contributed by atoms with Gasteiger partial charge in [-0.25, -0.2) is 9.37 Å². The number of halogens is 1. The molecule has 1 fully saturated rings. The first-order chi connectivity index (χ1) is 14.1. The lowest BCUT2D eigenvalue weighted by atomic mass is 9.73. The maximum atomic E-state index is 14.2. The zero-order valence-electron chi connectivity index (χ0n) is 18.2. The van der Waals surface area contributed by atoms with E-state index in [1.54, 1.807) is 26.1 Å². The van der Waals surface area contributed by atoms with Crippen molar-refractivity contribution in [1.29, 1.82) is 0 Å². The summed E-state index contributed by atoms with van der Waals surface area (Å²) in [6.45, 7) is 8.56. The molecule has 30 heavy (non-hydrogen) atoms. The summed E-state index contributed by atoms with van der Waals surface area (Å²) in [6.07, 6.45) is 7.25. The summed E-state index contributed by atoms with van der Waals surface area (Å²) in [5, 5.41) is 16.9. The molecule has 3 rings (SSSR count). The summed E-state index contributed by atoms with van der Waals surface area (Å²) in [7, 11) is 0. The Morgan fingerprint density at radius 1 is 1.53 bits per heavy atom. The van der Waals surface area contributed by atoms with E-state index in [0.717, 1.165) is 36.8 Å². The normalized spacial score (nSPS) is 21.7. The molecular weight excluding hydrogens is 385 g/mol. The number of carbonyl (C=O) groups is 1. The largest absolute Gasteiger partial charge is 0.471 e. The van der Waals surface area contributed by atoms with E-state index in [2.05, 4.69) is 22.2 Å². The predicted molar refractivity (Wildman–Crippen MR) is 114 cm³/mol. The molecule has 0 bridgehead atoms. The van der Waals surface area contributed by atoms with Crippen LogP contribution < -0.4 is 15.4 Å². The van der Waals surface area contributed by atoms with Crippen molar-refractivity contribution in [2.75, 3.05) is 6.54 Å². The van der Waals surface area contributed by atoms with Crippen molar-refractivity contribution in [3.63, 3.8) is 0 Å². The van der Waals surface area contributed by atoms with E-state index in [0.29, 0.717) is 18.8 Å². The Morgan fingerprint density at radius 3 is 2.83 bits per heavy atom. The molecule has 3 N–H and O–H groups in total. The Bertz CT molecular complexity index is 773. The third-order valence-corrected chi connectivity index (χ3v) is 5.94. The van der Waals surface area contributed by atoms with Crippen LogP contribution in [0.1, 0.15) is 70.0 Å². The van der Waals surface area contributed by atoms with Gasteiger partial charge in [0.05, 0.1) is 12.1 Å². The molecule has 1 aliphatic heterocycles. The van der Waals surface area contributed by atoms with E-state index in [-0.39, 0.29) is 24.0 Å². The third-order valence-electron chi connectivity index (χ3n) is 5.94. The van der Waals surface area contributed by atoms with Crippen molar-refractivity contribution in [2.24, 2.45) is 0 Å². The van der Waals surface area contributed by atoms with Crippen LogP contribution in [0.3, 0.4) is 0 Å². The number of nitrogens with one attached hydrogen (secondary N) is 2. The zero-order chi connectivity index (χ0) is 21.9. The monoisotopic (exact) mass is 419 g/mol. The minimum atomic E-state index is -1.32. The maximum absolute atomic E-state index is 14.2. The highest BCUT2D eigenvalue weighted by atomic mass is 19.1. The van der Waals surface area contributed by atoms with Gasteiger partial charge in [0.1, 0.15) is 11.3 Å².